The van der Waals surface area contributed by atoms with Crippen molar-refractivity contribution >= 4 is 11.7 Å². The minimum atomic E-state index is 0.0505. The first-order valence-corrected chi connectivity index (χ1v) is 10.9. The molecule has 2 atom stereocenters. The van der Waals surface area contributed by atoms with Crippen LogP contribution >= 0.6 is 0 Å². The number of nitrogens with one attached hydrogen (secondary N) is 1. The first kappa shape index (κ1) is 22.9. The molecule has 1 rings (SSSR count). The molecular formula is C22H42N3O+. The van der Waals surface area contributed by atoms with E-state index < -0.39 is 0 Å². The van der Waals surface area contributed by atoms with Gasteiger partial charge in [0.2, 0.25) is 5.91 Å². The summed E-state index contributed by atoms with van der Waals surface area (Å²) in [7, 11) is 0. The number of rotatable bonds is 14. The van der Waals surface area contributed by atoms with Crippen LogP contribution < -0.4 is 5.32 Å². The summed E-state index contributed by atoms with van der Waals surface area (Å²) in [6.07, 6.45) is 17.5. The van der Waals surface area contributed by atoms with Crippen molar-refractivity contribution in [3.8, 4) is 0 Å². The molecule has 26 heavy (non-hydrogen) atoms. The largest absolute Gasteiger partial charge is 0.307 e. The second-order valence-corrected chi connectivity index (χ2v) is 7.67. The second kappa shape index (κ2) is 13.1. The van der Waals surface area contributed by atoms with Crippen LogP contribution in [0.25, 0.3) is 0 Å². The van der Waals surface area contributed by atoms with E-state index in [1.807, 2.05) is 0 Å². The molecule has 1 amide bonds. The summed E-state index contributed by atoms with van der Waals surface area (Å²) in [4.78, 5) is 16.3. The van der Waals surface area contributed by atoms with Crippen LogP contribution in [-0.4, -0.2) is 42.0 Å². The maximum atomic E-state index is 11.5. The van der Waals surface area contributed by atoms with Gasteiger partial charge in [-0.3, -0.25) is 9.28 Å². The van der Waals surface area contributed by atoms with Crippen molar-refractivity contribution in [2.24, 2.45) is 4.99 Å². The van der Waals surface area contributed by atoms with Crippen LogP contribution in [0.3, 0.4) is 0 Å². The molecule has 1 N–H and O–H groups in total. The fourth-order valence-corrected chi connectivity index (χ4v) is 4.03. The van der Waals surface area contributed by atoms with Gasteiger partial charge in [-0.15, -0.1) is 0 Å². The Morgan fingerprint density at radius 3 is 2.38 bits per heavy atom. The van der Waals surface area contributed by atoms with Gasteiger partial charge in [0, 0.05) is 20.3 Å². The Morgan fingerprint density at radius 2 is 1.77 bits per heavy atom. The molecule has 1 heterocycles. The number of unbranched alkanes of at least 4 members (excludes halogenated alkanes) is 7. The number of carbonyl (C=O) groups excluding carboxylic acids is 1. The maximum absolute atomic E-state index is 11.5. The molecule has 0 spiro atoms. The van der Waals surface area contributed by atoms with E-state index in [4.69, 9.17) is 4.99 Å². The predicted molar refractivity (Wildman–Crippen MR) is 112 cm³/mol. The van der Waals surface area contributed by atoms with E-state index in [0.29, 0.717) is 0 Å². The lowest BCUT2D eigenvalue weighted by molar-refractivity contribution is -0.861. The monoisotopic (exact) mass is 364 g/mol. The molecule has 0 aromatic heterocycles. The van der Waals surface area contributed by atoms with Crippen molar-refractivity contribution < 1.29 is 9.28 Å². The van der Waals surface area contributed by atoms with Gasteiger partial charge < -0.3 is 5.32 Å². The zero-order chi connectivity index (χ0) is 19.3. The van der Waals surface area contributed by atoms with Crippen LogP contribution in [0.5, 0.6) is 0 Å². The number of allylic oxidation sites excluding steroid dienone is 2. The maximum Gasteiger partial charge on any atom is 0.221 e. The SMILES string of the molecule is CCCCCCC/C=C/CCCCC1=NCC[N+]1(CC)C(C)NC(C)=O. The lowest BCUT2D eigenvalue weighted by atomic mass is 10.1. The van der Waals surface area contributed by atoms with Crippen LogP contribution in [0.1, 0.15) is 91.9 Å². The van der Waals surface area contributed by atoms with Gasteiger partial charge in [-0.1, -0.05) is 44.8 Å². The summed E-state index contributed by atoms with van der Waals surface area (Å²) in [5, 5.41) is 3.09. The number of likely N-dealkylation sites (N-methyl/N-ethyl adjacent to an activating group) is 1. The molecule has 2 unspecified atom stereocenters. The van der Waals surface area contributed by atoms with E-state index in [-0.39, 0.29) is 12.1 Å². The highest BCUT2D eigenvalue weighted by Crippen LogP contribution is 2.23. The fraction of sp³-hybridized carbons (Fsp3) is 0.818. The Balaban J connectivity index is 2.26. The summed E-state index contributed by atoms with van der Waals surface area (Å²) < 4.78 is 0.840. The van der Waals surface area contributed by atoms with Crippen LogP contribution in [0, 0.1) is 0 Å². The Labute approximate surface area is 161 Å². The van der Waals surface area contributed by atoms with E-state index >= 15 is 0 Å². The van der Waals surface area contributed by atoms with Gasteiger partial charge in [-0.25, -0.2) is 4.99 Å². The third-order valence-corrected chi connectivity index (χ3v) is 5.69. The summed E-state index contributed by atoms with van der Waals surface area (Å²) in [5.74, 6) is 1.34. The molecule has 0 saturated carbocycles. The van der Waals surface area contributed by atoms with Crippen molar-refractivity contribution in [2.45, 2.75) is 98.1 Å². The third kappa shape index (κ3) is 7.61. The Morgan fingerprint density at radius 1 is 1.12 bits per heavy atom. The normalized spacial score (nSPS) is 21.2. The Hall–Kier alpha value is -1.16. The molecule has 0 aromatic carbocycles. The first-order valence-electron chi connectivity index (χ1n) is 10.9. The van der Waals surface area contributed by atoms with Gasteiger partial charge in [-0.05, 0) is 39.0 Å². The molecule has 4 nitrogen and oxygen atoms in total. The van der Waals surface area contributed by atoms with Crippen LogP contribution in [-0.2, 0) is 4.79 Å². The highest BCUT2D eigenvalue weighted by molar-refractivity contribution is 5.78. The lowest BCUT2D eigenvalue weighted by Gasteiger charge is -2.39. The average molecular weight is 365 g/mol. The van der Waals surface area contributed by atoms with E-state index in [9.17, 15) is 4.79 Å². The van der Waals surface area contributed by atoms with Gasteiger partial charge in [0.25, 0.3) is 0 Å². The third-order valence-electron chi connectivity index (χ3n) is 5.69. The minimum Gasteiger partial charge on any atom is -0.307 e. The van der Waals surface area contributed by atoms with Gasteiger partial charge in [-0.2, -0.15) is 0 Å². The van der Waals surface area contributed by atoms with Crippen molar-refractivity contribution in [3.05, 3.63) is 12.2 Å². The topological polar surface area (TPSA) is 41.5 Å². The molecule has 0 saturated heterocycles. The lowest BCUT2D eigenvalue weighted by Crippen LogP contribution is -2.62. The number of quaternary nitrogens is 1. The highest BCUT2D eigenvalue weighted by atomic mass is 16.1. The van der Waals surface area contributed by atoms with Gasteiger partial charge in [0.15, 0.2) is 12.0 Å². The van der Waals surface area contributed by atoms with Gasteiger partial charge in [0.1, 0.15) is 6.54 Å². The van der Waals surface area contributed by atoms with Crippen LogP contribution in [0.2, 0.25) is 0 Å². The van der Waals surface area contributed by atoms with E-state index in [1.54, 1.807) is 6.92 Å². The highest BCUT2D eigenvalue weighted by Gasteiger charge is 2.41. The number of amides is 1. The number of carbonyl (C=O) groups is 1. The quantitative estimate of drug-likeness (QED) is 0.257. The van der Waals surface area contributed by atoms with Crippen molar-refractivity contribution in [1.82, 2.24) is 5.32 Å². The molecule has 1 aliphatic heterocycles. The summed E-state index contributed by atoms with van der Waals surface area (Å²) in [6.45, 7) is 11.1. The summed E-state index contributed by atoms with van der Waals surface area (Å²) in [5.41, 5.74) is 0. The van der Waals surface area contributed by atoms with Crippen LogP contribution in [0.4, 0.5) is 0 Å². The standard InChI is InChI=1S/C22H41N3O/c1-5-7-8-9-10-11-12-13-14-15-16-17-22-23-18-19-25(22,6-2)20(3)24-21(4)26/h12-13,20H,5-11,14-19H2,1-4H3/p+1/b13-12+. The molecular weight excluding hydrogens is 322 g/mol. The second-order valence-electron chi connectivity index (χ2n) is 7.67. The molecule has 0 bridgehead atoms. The number of nitrogens with zero attached hydrogens (tertiary/aromatic N) is 2. The first-order chi connectivity index (χ1) is 12.6. The average Bonchev–Trinajstić information content (AvgIpc) is 3.03. The summed E-state index contributed by atoms with van der Waals surface area (Å²) in [6, 6.07) is 0. The number of aliphatic imine (C=N–C) groups is 1. The van der Waals surface area contributed by atoms with Gasteiger partial charge >= 0.3 is 0 Å². The molecule has 0 aromatic rings. The molecule has 0 aliphatic carbocycles. The molecule has 0 fully saturated rings. The Bertz CT molecular complexity index is 458. The predicted octanol–water partition coefficient (Wildman–Crippen LogP) is 5.19. The van der Waals surface area contributed by atoms with Crippen molar-refractivity contribution in [2.75, 3.05) is 19.6 Å². The van der Waals surface area contributed by atoms with E-state index in [0.717, 1.165) is 30.5 Å². The summed E-state index contributed by atoms with van der Waals surface area (Å²) >= 11 is 0. The van der Waals surface area contributed by atoms with E-state index in [1.165, 1.54) is 63.6 Å². The zero-order valence-corrected chi connectivity index (χ0v) is 17.7. The molecule has 0 radical (unpaired) electrons. The number of amidine groups is 1. The minimum absolute atomic E-state index is 0.0505. The van der Waals surface area contributed by atoms with Crippen molar-refractivity contribution in [1.29, 1.82) is 0 Å². The van der Waals surface area contributed by atoms with Crippen molar-refractivity contribution in [3.63, 3.8) is 0 Å². The smallest absolute Gasteiger partial charge is 0.221 e. The molecule has 150 valence electrons. The van der Waals surface area contributed by atoms with Crippen LogP contribution in [0.15, 0.2) is 17.1 Å². The number of hydrogen-bond acceptors (Lipinski definition) is 2. The molecule has 1 aliphatic rings. The van der Waals surface area contributed by atoms with Gasteiger partial charge in [0.05, 0.1) is 13.1 Å². The number of hydrogen-bond donors (Lipinski definition) is 1. The zero-order valence-electron chi connectivity index (χ0n) is 17.7. The van der Waals surface area contributed by atoms with E-state index in [2.05, 4.69) is 38.2 Å². The fourth-order valence-electron chi connectivity index (χ4n) is 4.03. The molecule has 4 heteroatoms. The Kier molecular flexibility index (Phi) is 11.5.